The van der Waals surface area contributed by atoms with Gasteiger partial charge in [-0.2, -0.15) is 4.98 Å². The molecule has 0 radical (unpaired) electrons. The number of nitrogens with two attached hydrogens (primary N) is 1. The maximum atomic E-state index is 5.78. The molecule has 2 aromatic heterocycles. The predicted molar refractivity (Wildman–Crippen MR) is 72.6 cm³/mol. The summed E-state index contributed by atoms with van der Waals surface area (Å²) < 4.78 is 11.0. The lowest BCUT2D eigenvalue weighted by Crippen LogP contribution is -1.98. The van der Waals surface area contributed by atoms with E-state index in [-0.39, 0.29) is 0 Å². The van der Waals surface area contributed by atoms with Crippen molar-refractivity contribution in [3.63, 3.8) is 0 Å². The molecule has 0 amide bonds. The second kappa shape index (κ2) is 5.14. The van der Waals surface area contributed by atoms with E-state index in [9.17, 15) is 0 Å². The fourth-order valence-corrected chi connectivity index (χ4v) is 1.86. The molecule has 0 saturated heterocycles. The van der Waals surface area contributed by atoms with Crippen molar-refractivity contribution in [3.8, 4) is 17.4 Å². The lowest BCUT2D eigenvalue weighted by molar-refractivity contribution is 0.407. The molecule has 2 heterocycles. The Bertz CT molecular complexity index is 718. The second-order valence-corrected chi connectivity index (χ2v) is 4.10. The zero-order valence-corrected chi connectivity index (χ0v) is 10.8. The third-order valence-corrected chi connectivity index (χ3v) is 2.81. The summed E-state index contributed by atoms with van der Waals surface area (Å²) in [6.07, 6.45) is 2.95. The number of nitrogens with zero attached hydrogens (tertiary/aromatic N) is 3. The number of nitrogens with one attached hydrogen (secondary N) is 1. The van der Waals surface area contributed by atoms with E-state index in [4.69, 9.17) is 15.2 Å². The summed E-state index contributed by atoms with van der Waals surface area (Å²) in [5.41, 5.74) is 7.76. The van der Waals surface area contributed by atoms with Crippen LogP contribution in [-0.2, 0) is 6.54 Å². The van der Waals surface area contributed by atoms with Gasteiger partial charge in [-0.15, -0.1) is 0 Å². The van der Waals surface area contributed by atoms with Crippen molar-refractivity contribution in [1.29, 1.82) is 0 Å². The van der Waals surface area contributed by atoms with Gasteiger partial charge in [0.15, 0.2) is 5.65 Å². The molecule has 0 atom stereocenters. The molecule has 3 aromatic rings. The van der Waals surface area contributed by atoms with Crippen LogP contribution in [0.2, 0.25) is 0 Å². The van der Waals surface area contributed by atoms with Crippen LogP contribution in [0.3, 0.4) is 0 Å². The molecule has 0 spiro atoms. The molecule has 3 N–H and O–H groups in total. The normalized spacial score (nSPS) is 10.7. The van der Waals surface area contributed by atoms with Crippen LogP contribution in [0.4, 0.5) is 0 Å². The van der Waals surface area contributed by atoms with Gasteiger partial charge < -0.3 is 20.2 Å². The first kappa shape index (κ1) is 12.4. The zero-order valence-electron chi connectivity index (χ0n) is 10.8. The van der Waals surface area contributed by atoms with Gasteiger partial charge >= 0.3 is 0 Å². The number of H-pyrrole nitrogens is 1. The highest BCUT2D eigenvalue weighted by molar-refractivity contribution is 5.75. The number of hydrogen-bond acceptors (Lipinski definition) is 6. The van der Waals surface area contributed by atoms with Crippen molar-refractivity contribution < 1.29 is 9.47 Å². The van der Waals surface area contributed by atoms with Gasteiger partial charge in [0.2, 0.25) is 5.88 Å². The van der Waals surface area contributed by atoms with Crippen LogP contribution in [0.15, 0.2) is 30.9 Å². The van der Waals surface area contributed by atoms with Gasteiger partial charge in [-0.1, -0.05) is 0 Å². The highest BCUT2D eigenvalue weighted by Crippen LogP contribution is 2.28. The number of imidazole rings is 1. The van der Waals surface area contributed by atoms with Crippen LogP contribution in [-0.4, -0.2) is 27.0 Å². The van der Waals surface area contributed by atoms with E-state index in [1.54, 1.807) is 19.5 Å². The van der Waals surface area contributed by atoms with Crippen molar-refractivity contribution in [2.45, 2.75) is 6.54 Å². The third-order valence-electron chi connectivity index (χ3n) is 2.81. The lowest BCUT2D eigenvalue weighted by atomic mass is 10.2. The summed E-state index contributed by atoms with van der Waals surface area (Å²) in [6.45, 7) is 0.400. The van der Waals surface area contributed by atoms with Gasteiger partial charge in [-0.25, -0.2) is 9.97 Å². The van der Waals surface area contributed by atoms with E-state index in [0.717, 1.165) is 5.56 Å². The maximum absolute atomic E-state index is 5.78. The van der Waals surface area contributed by atoms with E-state index in [0.29, 0.717) is 35.1 Å². The Morgan fingerprint density at radius 3 is 2.80 bits per heavy atom. The number of benzene rings is 1. The molecule has 20 heavy (non-hydrogen) atoms. The smallest absolute Gasteiger partial charge is 0.248 e. The van der Waals surface area contributed by atoms with Crippen molar-refractivity contribution in [1.82, 2.24) is 19.9 Å². The minimum Gasteiger partial charge on any atom is -0.497 e. The largest absolute Gasteiger partial charge is 0.497 e. The van der Waals surface area contributed by atoms with E-state index in [1.165, 1.54) is 6.33 Å². The topological polar surface area (TPSA) is 98.9 Å². The van der Waals surface area contributed by atoms with E-state index >= 15 is 0 Å². The van der Waals surface area contributed by atoms with Crippen LogP contribution in [0.1, 0.15) is 5.56 Å². The Morgan fingerprint density at radius 2 is 2.00 bits per heavy atom. The summed E-state index contributed by atoms with van der Waals surface area (Å²) in [4.78, 5) is 15.1. The summed E-state index contributed by atoms with van der Waals surface area (Å²) in [5.74, 6) is 1.68. The van der Waals surface area contributed by atoms with Gasteiger partial charge in [-0.3, -0.25) is 0 Å². The van der Waals surface area contributed by atoms with Crippen molar-refractivity contribution in [2.24, 2.45) is 5.73 Å². The van der Waals surface area contributed by atoms with Gasteiger partial charge in [0.05, 0.1) is 13.4 Å². The minimum absolute atomic E-state index is 0.400. The first-order valence-corrected chi connectivity index (χ1v) is 6.00. The van der Waals surface area contributed by atoms with Crippen molar-refractivity contribution in [3.05, 3.63) is 36.4 Å². The standard InChI is InChI=1S/C13H13N5O2/c1-19-9-2-8(5-14)3-10(4-9)20-13-11-12(16-6-15-11)17-7-18-13/h2-4,6-7H,5,14H2,1H3,(H,15,16,17,18). The molecule has 0 saturated carbocycles. The SMILES string of the molecule is COc1cc(CN)cc(Oc2ncnc3nc[nH]c23)c1. The summed E-state index contributed by atoms with van der Waals surface area (Å²) in [5, 5.41) is 0. The minimum atomic E-state index is 0.400. The molecule has 7 nitrogen and oxygen atoms in total. The number of fused-ring (bicyclic) bond motifs is 1. The summed E-state index contributed by atoms with van der Waals surface area (Å²) >= 11 is 0. The molecule has 0 unspecified atom stereocenters. The van der Waals surface area contributed by atoms with Crippen LogP contribution in [0.25, 0.3) is 11.2 Å². The van der Waals surface area contributed by atoms with Crippen LogP contribution >= 0.6 is 0 Å². The maximum Gasteiger partial charge on any atom is 0.248 e. The van der Waals surface area contributed by atoms with Gasteiger partial charge in [0.25, 0.3) is 0 Å². The van der Waals surface area contributed by atoms with Crippen LogP contribution < -0.4 is 15.2 Å². The highest BCUT2D eigenvalue weighted by atomic mass is 16.5. The molecular formula is C13H13N5O2. The van der Waals surface area contributed by atoms with Crippen molar-refractivity contribution in [2.75, 3.05) is 7.11 Å². The Balaban J connectivity index is 2.00. The van der Waals surface area contributed by atoms with Gasteiger partial charge in [0, 0.05) is 12.6 Å². The first-order valence-electron chi connectivity index (χ1n) is 6.00. The Morgan fingerprint density at radius 1 is 1.15 bits per heavy atom. The molecule has 0 bridgehead atoms. The average Bonchev–Trinajstić information content (AvgIpc) is 2.96. The number of methoxy groups -OCH3 is 1. The van der Waals surface area contributed by atoms with E-state index in [2.05, 4.69) is 19.9 Å². The second-order valence-electron chi connectivity index (χ2n) is 4.10. The molecule has 102 valence electrons. The summed E-state index contributed by atoms with van der Waals surface area (Å²) in [7, 11) is 1.59. The Kier molecular flexibility index (Phi) is 3.18. The quantitative estimate of drug-likeness (QED) is 0.748. The average molecular weight is 271 g/mol. The molecule has 7 heteroatoms. The highest BCUT2D eigenvalue weighted by Gasteiger charge is 2.09. The van der Waals surface area contributed by atoms with Gasteiger partial charge in [-0.05, 0) is 17.7 Å². The molecule has 0 aliphatic rings. The first-order chi connectivity index (χ1) is 9.80. The molecule has 1 aromatic carbocycles. The number of hydrogen-bond donors (Lipinski definition) is 2. The number of ether oxygens (including phenoxy) is 2. The molecular weight excluding hydrogens is 258 g/mol. The van der Waals surface area contributed by atoms with E-state index < -0.39 is 0 Å². The molecule has 0 fully saturated rings. The zero-order chi connectivity index (χ0) is 13.9. The lowest BCUT2D eigenvalue weighted by Gasteiger charge is -2.09. The summed E-state index contributed by atoms with van der Waals surface area (Å²) in [6, 6.07) is 5.47. The third kappa shape index (κ3) is 2.26. The monoisotopic (exact) mass is 271 g/mol. The van der Waals surface area contributed by atoms with E-state index in [1.807, 2.05) is 12.1 Å². The van der Waals surface area contributed by atoms with Gasteiger partial charge in [0.1, 0.15) is 23.3 Å². The number of rotatable bonds is 4. The number of aromatic amines is 1. The van der Waals surface area contributed by atoms with Crippen LogP contribution in [0, 0.1) is 0 Å². The number of aromatic nitrogens is 4. The van der Waals surface area contributed by atoms with Crippen molar-refractivity contribution >= 4 is 11.2 Å². The van der Waals surface area contributed by atoms with Crippen LogP contribution in [0.5, 0.6) is 17.4 Å². The fraction of sp³-hybridized carbons (Fsp3) is 0.154. The molecule has 3 rings (SSSR count). The Hall–Kier alpha value is -2.67. The predicted octanol–water partition coefficient (Wildman–Crippen LogP) is 1.61. The fourth-order valence-electron chi connectivity index (χ4n) is 1.86. The Labute approximate surface area is 114 Å². The molecule has 0 aliphatic carbocycles. The molecule has 0 aliphatic heterocycles.